The van der Waals surface area contributed by atoms with E-state index in [2.05, 4.69) is 129 Å². The first kappa shape index (κ1) is 24.8. The molecule has 0 bridgehead atoms. The molecule has 0 amide bonds. The molecule has 0 aliphatic heterocycles. The van der Waals surface area contributed by atoms with Gasteiger partial charge in [0, 0.05) is 40.5 Å². The Balaban J connectivity index is 1.90. The van der Waals surface area contributed by atoms with Crippen LogP contribution < -0.4 is 4.40 Å². The molecule has 2 heteroatoms. The average molecular weight is 486 g/mol. The van der Waals surface area contributed by atoms with Gasteiger partial charge < -0.3 is 4.57 Å². The van der Waals surface area contributed by atoms with Crippen LogP contribution in [0.5, 0.6) is 0 Å². The zero-order valence-corrected chi connectivity index (χ0v) is 23.0. The van der Waals surface area contributed by atoms with Gasteiger partial charge in [-0.05, 0) is 77.6 Å². The van der Waals surface area contributed by atoms with Gasteiger partial charge in [-0.3, -0.25) is 0 Å². The van der Waals surface area contributed by atoms with E-state index in [9.17, 15) is 0 Å². The van der Waals surface area contributed by atoms with E-state index in [1.54, 1.807) is 0 Å². The first-order valence-electron chi connectivity index (χ1n) is 13.2. The maximum absolute atomic E-state index is 4.73. The number of fused-ring (bicyclic) bond motifs is 4. The third kappa shape index (κ3) is 4.11. The van der Waals surface area contributed by atoms with Crippen molar-refractivity contribution >= 4 is 38.5 Å². The lowest BCUT2D eigenvalue weighted by molar-refractivity contribution is -0.510. The average Bonchev–Trinajstić information content (AvgIpc) is 3.20. The zero-order chi connectivity index (χ0) is 26.5. The molecule has 0 saturated heterocycles. The Morgan fingerprint density at radius 3 is 2.46 bits per heavy atom. The van der Waals surface area contributed by atoms with E-state index >= 15 is 0 Å². The van der Waals surface area contributed by atoms with E-state index in [4.69, 9.17) is 6.58 Å². The second-order valence-corrected chi connectivity index (χ2v) is 11.0. The summed E-state index contributed by atoms with van der Waals surface area (Å²) >= 11 is 0. The van der Waals surface area contributed by atoms with Gasteiger partial charge in [-0.25, -0.2) is 0 Å². The van der Waals surface area contributed by atoms with Crippen LogP contribution in [0.2, 0.25) is 0 Å². The molecule has 2 aromatic carbocycles. The Kier molecular flexibility index (Phi) is 6.15. The van der Waals surface area contributed by atoms with Crippen LogP contribution in [0.4, 0.5) is 0 Å². The van der Waals surface area contributed by atoms with E-state index in [0.717, 1.165) is 17.7 Å². The Morgan fingerprint density at radius 2 is 1.76 bits per heavy atom. The molecule has 0 aliphatic carbocycles. The highest BCUT2D eigenvalue weighted by molar-refractivity contribution is 6.09. The third-order valence-corrected chi connectivity index (χ3v) is 7.53. The predicted octanol–water partition coefficient (Wildman–Crippen LogP) is 8.81. The van der Waals surface area contributed by atoms with Crippen LogP contribution in [-0.2, 0) is 11.8 Å². The minimum atomic E-state index is 0.0663. The van der Waals surface area contributed by atoms with E-state index in [-0.39, 0.29) is 5.41 Å². The number of aromatic nitrogens is 2. The highest BCUT2D eigenvalue weighted by Gasteiger charge is 2.23. The van der Waals surface area contributed by atoms with Crippen molar-refractivity contribution in [2.24, 2.45) is 0 Å². The molecule has 0 aliphatic rings. The summed E-state index contributed by atoms with van der Waals surface area (Å²) in [6.07, 6.45) is 9.28. The van der Waals surface area contributed by atoms with Gasteiger partial charge in [0.15, 0.2) is 12.4 Å². The Labute approximate surface area is 220 Å². The van der Waals surface area contributed by atoms with Crippen LogP contribution in [0.15, 0.2) is 92.3 Å². The first-order valence-corrected chi connectivity index (χ1v) is 13.2. The monoisotopic (exact) mass is 485 g/mol. The normalized spacial score (nSPS) is 12.3. The van der Waals surface area contributed by atoms with Crippen LogP contribution >= 0.6 is 0 Å². The highest BCUT2D eigenvalue weighted by atomic mass is 15.0. The molecule has 0 spiro atoms. The van der Waals surface area contributed by atoms with Gasteiger partial charge in [0.2, 0.25) is 5.52 Å². The Morgan fingerprint density at radius 1 is 0.973 bits per heavy atom. The van der Waals surface area contributed by atoms with Gasteiger partial charge in [0.1, 0.15) is 0 Å². The van der Waals surface area contributed by atoms with Gasteiger partial charge in [0.05, 0.1) is 10.9 Å². The van der Waals surface area contributed by atoms with Crippen LogP contribution in [0.25, 0.3) is 38.5 Å². The topological polar surface area (TPSA) is 9.03 Å². The van der Waals surface area contributed by atoms with Crippen molar-refractivity contribution in [2.45, 2.75) is 53.4 Å². The molecule has 37 heavy (non-hydrogen) atoms. The summed E-state index contributed by atoms with van der Waals surface area (Å²) in [6, 6.07) is 20.1. The maximum Gasteiger partial charge on any atom is 0.218 e. The second kappa shape index (κ2) is 9.19. The van der Waals surface area contributed by atoms with Crippen LogP contribution in [0, 0.1) is 6.92 Å². The molecule has 186 valence electrons. The molecule has 0 unspecified atom stereocenters. The van der Waals surface area contributed by atoms with E-state index < -0.39 is 0 Å². The Bertz CT molecular complexity index is 1740. The minimum absolute atomic E-state index is 0.0663. The van der Waals surface area contributed by atoms with E-state index in [0.29, 0.717) is 0 Å². The fourth-order valence-electron chi connectivity index (χ4n) is 5.55. The molecule has 0 saturated carbocycles. The van der Waals surface area contributed by atoms with Crippen LogP contribution in [0.1, 0.15) is 62.6 Å². The summed E-state index contributed by atoms with van der Waals surface area (Å²) in [6.45, 7) is 22.5. The number of pyridine rings is 2. The number of hydrogen-bond donors (Lipinski definition) is 0. The van der Waals surface area contributed by atoms with Crippen LogP contribution in [0.3, 0.4) is 0 Å². The molecule has 3 heterocycles. The quantitative estimate of drug-likeness (QED) is 0.134. The summed E-state index contributed by atoms with van der Waals surface area (Å²) in [5.74, 6) is 0. The summed E-state index contributed by atoms with van der Waals surface area (Å²) in [5, 5.41) is 3.68. The smallest absolute Gasteiger partial charge is 0.218 e. The van der Waals surface area contributed by atoms with Gasteiger partial charge >= 0.3 is 0 Å². The number of nitrogens with zero attached hydrogens (tertiary/aromatic N) is 2. The second-order valence-electron chi connectivity index (χ2n) is 11.0. The van der Waals surface area contributed by atoms with Crippen molar-refractivity contribution in [1.29, 1.82) is 0 Å². The summed E-state index contributed by atoms with van der Waals surface area (Å²) in [4.78, 5) is 0. The first-order chi connectivity index (χ1) is 17.7. The summed E-state index contributed by atoms with van der Waals surface area (Å²) in [5.41, 5.74) is 10.7. The molecule has 0 N–H and O–H groups in total. The fourth-order valence-corrected chi connectivity index (χ4v) is 5.55. The van der Waals surface area contributed by atoms with Gasteiger partial charge in [-0.15, -0.1) is 0 Å². The number of hydrogen-bond acceptors (Lipinski definition) is 0. The number of rotatable bonds is 5. The Hall–Kier alpha value is -3.91. The molecule has 3 aromatic heterocycles. The van der Waals surface area contributed by atoms with E-state index in [1.807, 2.05) is 6.92 Å². The number of allylic oxidation sites excluding steroid dienone is 3. The van der Waals surface area contributed by atoms with Gasteiger partial charge in [0.25, 0.3) is 0 Å². The van der Waals surface area contributed by atoms with Crippen molar-refractivity contribution < 1.29 is 4.40 Å². The number of aryl methyl sites for hydroxylation is 1. The lowest BCUT2D eigenvalue weighted by Gasteiger charge is -2.22. The van der Waals surface area contributed by atoms with Gasteiger partial charge in [-0.2, -0.15) is 4.40 Å². The molecule has 5 rings (SSSR count). The molecule has 0 radical (unpaired) electrons. The highest BCUT2D eigenvalue weighted by Crippen LogP contribution is 2.40. The molecule has 2 nitrogen and oxygen atoms in total. The standard InChI is InChI=1S/C35H37N2/c1-9-13-24(4)37-31(10-2)34(25(5)28-21-27(35(6,7)8)16-15-23(28)3)30-22-29-26(20-33(30)37)17-19-36-18-12-11-14-32(29)36/h9,11-22H,4-5,10H2,1-3,6-8H3/q+1/b13-9-. The zero-order valence-electron chi connectivity index (χ0n) is 23.0. The van der Waals surface area contributed by atoms with Crippen molar-refractivity contribution in [2.75, 3.05) is 0 Å². The lowest BCUT2D eigenvalue weighted by Crippen LogP contribution is -2.19. The lowest BCUT2D eigenvalue weighted by atomic mass is 9.83. The molecule has 0 fully saturated rings. The van der Waals surface area contributed by atoms with Crippen LogP contribution in [-0.4, -0.2) is 4.57 Å². The largest absolute Gasteiger partial charge is 0.314 e. The van der Waals surface area contributed by atoms with Gasteiger partial charge in [-0.1, -0.05) is 65.1 Å². The molecule has 0 atom stereocenters. The predicted molar refractivity (Wildman–Crippen MR) is 160 cm³/mol. The van der Waals surface area contributed by atoms with Crippen molar-refractivity contribution in [3.63, 3.8) is 0 Å². The number of benzene rings is 2. The third-order valence-electron chi connectivity index (χ3n) is 7.53. The van der Waals surface area contributed by atoms with Crippen molar-refractivity contribution in [3.8, 4) is 0 Å². The maximum atomic E-state index is 4.73. The summed E-state index contributed by atoms with van der Waals surface area (Å²) in [7, 11) is 0. The molecular formula is C35H37N2+. The fraction of sp³-hybridized carbons (Fsp3) is 0.229. The minimum Gasteiger partial charge on any atom is -0.314 e. The SMILES string of the molecule is C=C(c1cc(C(C)(C)C)ccc1C)c1c(CC)n(C(=C)/C=C\C)c2cc3cc[n+]4ccccc4c3cc12. The summed E-state index contributed by atoms with van der Waals surface area (Å²) < 4.78 is 4.52. The van der Waals surface area contributed by atoms with E-state index in [1.165, 1.54) is 55.1 Å². The van der Waals surface area contributed by atoms with Crippen molar-refractivity contribution in [3.05, 3.63) is 120 Å². The van der Waals surface area contributed by atoms with Crippen molar-refractivity contribution in [1.82, 2.24) is 4.57 Å². The molecular weight excluding hydrogens is 448 g/mol. The molecule has 5 aromatic rings.